The second-order valence-corrected chi connectivity index (χ2v) is 18.3. The Hall–Kier alpha value is -0.369. The largest absolute Gasteiger partial charge is 1.00 e. The van der Waals surface area contributed by atoms with E-state index in [1.807, 2.05) is 0 Å². The minimum absolute atomic E-state index is 0. The molecule has 0 aliphatic heterocycles. The molecule has 0 aromatic carbocycles. The van der Waals surface area contributed by atoms with Gasteiger partial charge in [0.25, 0.3) is 0 Å². The SMILES string of the molecule is CCCCCCCCCCCCCCCCCC(=O)O.CCCCCCCCCCCCCCCCCC(=O)O.CCCCCCCCCCCCCCCCCC(=O)[O-].[Li+].[Zn]. The Kier molecular flexibility index (Phi) is 76.6. The summed E-state index contributed by atoms with van der Waals surface area (Å²) in [5.41, 5.74) is 0. The van der Waals surface area contributed by atoms with E-state index in [2.05, 4.69) is 20.8 Å². The molecule has 0 rings (SSSR count). The summed E-state index contributed by atoms with van der Waals surface area (Å²) in [5.74, 6) is -2.21. The number of carbonyl (C=O) groups excluding carboxylic acids is 1. The molecule has 6 nitrogen and oxygen atoms in total. The van der Waals surface area contributed by atoms with E-state index >= 15 is 0 Å². The van der Waals surface area contributed by atoms with Crippen LogP contribution in [-0.4, -0.2) is 28.1 Å². The molecule has 0 heterocycles. The number of unbranched alkanes of at least 4 members (excludes halogenated alkanes) is 42. The monoisotopic (exact) mass is 923 g/mol. The van der Waals surface area contributed by atoms with Gasteiger partial charge in [-0.1, -0.05) is 290 Å². The summed E-state index contributed by atoms with van der Waals surface area (Å²) in [6.45, 7) is 6.81. The molecule has 0 fully saturated rings. The van der Waals surface area contributed by atoms with Gasteiger partial charge in [0.2, 0.25) is 0 Å². The second-order valence-electron chi connectivity index (χ2n) is 18.3. The van der Waals surface area contributed by atoms with E-state index in [9.17, 15) is 19.5 Å². The Morgan fingerprint density at radius 1 is 0.274 bits per heavy atom. The van der Waals surface area contributed by atoms with E-state index in [1.54, 1.807) is 0 Å². The van der Waals surface area contributed by atoms with Gasteiger partial charge in [0, 0.05) is 38.3 Å². The molecule has 0 unspecified atom stereocenters. The van der Waals surface area contributed by atoms with Crippen molar-refractivity contribution in [2.75, 3.05) is 0 Å². The smallest absolute Gasteiger partial charge is 0.550 e. The topological polar surface area (TPSA) is 115 Å². The third kappa shape index (κ3) is 80.0. The van der Waals surface area contributed by atoms with Crippen LogP contribution in [0.5, 0.6) is 0 Å². The van der Waals surface area contributed by atoms with Crippen molar-refractivity contribution in [1.29, 1.82) is 0 Å². The number of aliphatic carboxylic acids is 3. The number of hydrogen-bond donors (Lipinski definition) is 2. The molecule has 0 atom stereocenters. The minimum Gasteiger partial charge on any atom is -0.550 e. The fourth-order valence-electron chi connectivity index (χ4n) is 7.94. The number of carbonyl (C=O) groups is 3. The first kappa shape index (κ1) is 70.6. The van der Waals surface area contributed by atoms with Crippen LogP contribution in [0.2, 0.25) is 0 Å². The Bertz CT molecular complexity index is 724. The first-order valence-electron chi connectivity index (χ1n) is 26.9. The summed E-state index contributed by atoms with van der Waals surface area (Å²) in [6.07, 6.45) is 60.3. The Balaban J connectivity index is -0.000000258. The van der Waals surface area contributed by atoms with Crippen LogP contribution in [0.25, 0.3) is 0 Å². The molecule has 362 valence electrons. The zero-order valence-electron chi connectivity index (χ0n) is 42.7. The molecule has 0 bridgehead atoms. The van der Waals surface area contributed by atoms with Crippen LogP contribution in [0.1, 0.15) is 329 Å². The molecule has 0 saturated heterocycles. The van der Waals surface area contributed by atoms with Crippen LogP contribution in [0.15, 0.2) is 0 Å². The van der Waals surface area contributed by atoms with Gasteiger partial charge in [-0.25, -0.2) is 0 Å². The summed E-state index contributed by atoms with van der Waals surface area (Å²) < 4.78 is 0. The van der Waals surface area contributed by atoms with E-state index in [0.717, 1.165) is 38.5 Å². The predicted molar refractivity (Wildman–Crippen MR) is 259 cm³/mol. The van der Waals surface area contributed by atoms with Crippen molar-refractivity contribution >= 4 is 17.9 Å². The molecule has 0 radical (unpaired) electrons. The van der Waals surface area contributed by atoms with Crippen LogP contribution in [0, 0.1) is 0 Å². The Morgan fingerprint density at radius 2 is 0.403 bits per heavy atom. The van der Waals surface area contributed by atoms with E-state index in [1.165, 1.54) is 250 Å². The number of rotatable bonds is 48. The van der Waals surface area contributed by atoms with Crippen LogP contribution in [0.3, 0.4) is 0 Å². The molecule has 0 aliphatic rings. The van der Waals surface area contributed by atoms with Gasteiger partial charge in [0.1, 0.15) is 0 Å². The molecule has 0 amide bonds. The molecule has 0 aliphatic carbocycles. The second kappa shape index (κ2) is 67.2. The van der Waals surface area contributed by atoms with Crippen molar-refractivity contribution in [2.45, 2.75) is 329 Å². The maximum Gasteiger partial charge on any atom is 1.00 e. The van der Waals surface area contributed by atoms with E-state index in [-0.39, 0.29) is 44.8 Å². The van der Waals surface area contributed by atoms with Gasteiger partial charge in [0.15, 0.2) is 0 Å². The van der Waals surface area contributed by atoms with E-state index in [4.69, 9.17) is 10.2 Å². The van der Waals surface area contributed by atoms with E-state index < -0.39 is 17.9 Å². The zero-order valence-corrected chi connectivity index (χ0v) is 45.6. The van der Waals surface area contributed by atoms with Crippen molar-refractivity contribution < 1.29 is 68.0 Å². The first-order chi connectivity index (χ1) is 29.3. The van der Waals surface area contributed by atoms with Gasteiger partial charge in [-0.15, -0.1) is 0 Å². The predicted octanol–water partition coefficient (Wildman–Crippen LogP) is 14.7. The molecule has 0 saturated carbocycles. The van der Waals surface area contributed by atoms with Gasteiger partial charge in [-0.2, -0.15) is 0 Å². The average Bonchev–Trinajstić information content (AvgIpc) is 3.22. The van der Waals surface area contributed by atoms with Crippen LogP contribution < -0.4 is 24.0 Å². The molecule has 0 spiro atoms. The summed E-state index contributed by atoms with van der Waals surface area (Å²) in [6, 6.07) is 0. The summed E-state index contributed by atoms with van der Waals surface area (Å²) in [4.78, 5) is 30.9. The molecular weight excluding hydrogens is 817 g/mol. The fourth-order valence-corrected chi connectivity index (χ4v) is 7.94. The molecule has 2 N–H and O–H groups in total. The Morgan fingerprint density at radius 3 is 0.532 bits per heavy atom. The third-order valence-electron chi connectivity index (χ3n) is 12.0. The van der Waals surface area contributed by atoms with Crippen molar-refractivity contribution in [2.24, 2.45) is 0 Å². The van der Waals surface area contributed by atoms with Crippen molar-refractivity contribution in [3.63, 3.8) is 0 Å². The quantitative estimate of drug-likeness (QED) is 0.0464. The van der Waals surface area contributed by atoms with Crippen LogP contribution in [0.4, 0.5) is 0 Å². The van der Waals surface area contributed by atoms with Gasteiger partial charge in [-0.05, 0) is 25.7 Å². The molecular formula is C54H107LiO6Zn. The molecule has 62 heavy (non-hydrogen) atoms. The standard InChI is InChI=1S/3C18H36O2.Li.Zn/c3*1-2-3-4-5-6-7-8-9-10-11-12-13-14-15-16-17-18(19)20;;/h3*2-17H2,1H3,(H,19,20);;/q;;;+1;/p-1. The number of hydrogen-bond acceptors (Lipinski definition) is 4. The first-order valence-corrected chi connectivity index (χ1v) is 26.9. The normalized spacial score (nSPS) is 10.5. The number of carboxylic acids is 3. The zero-order chi connectivity index (χ0) is 44.7. The Labute approximate surface area is 412 Å². The van der Waals surface area contributed by atoms with Gasteiger partial charge in [-0.3, -0.25) is 9.59 Å². The summed E-state index contributed by atoms with van der Waals surface area (Å²) in [5, 5.41) is 27.3. The van der Waals surface area contributed by atoms with E-state index in [0.29, 0.717) is 12.8 Å². The third-order valence-corrected chi connectivity index (χ3v) is 12.0. The van der Waals surface area contributed by atoms with Gasteiger partial charge in [0.05, 0.1) is 0 Å². The number of carboxylic acid groups (broad SMARTS) is 3. The van der Waals surface area contributed by atoms with Gasteiger partial charge >= 0.3 is 30.8 Å². The maximum atomic E-state index is 10.3. The van der Waals surface area contributed by atoms with Crippen molar-refractivity contribution in [3.05, 3.63) is 0 Å². The minimum atomic E-state index is -0.903. The summed E-state index contributed by atoms with van der Waals surface area (Å²) >= 11 is 0. The molecule has 8 heteroatoms. The fraction of sp³-hybridized carbons (Fsp3) is 0.944. The molecule has 0 aromatic heterocycles. The van der Waals surface area contributed by atoms with Crippen LogP contribution >= 0.6 is 0 Å². The average molecular weight is 925 g/mol. The van der Waals surface area contributed by atoms with Gasteiger partial charge < -0.3 is 20.1 Å². The molecule has 0 aromatic rings. The summed E-state index contributed by atoms with van der Waals surface area (Å²) in [7, 11) is 0. The maximum absolute atomic E-state index is 10.3. The van der Waals surface area contributed by atoms with Crippen molar-refractivity contribution in [3.8, 4) is 0 Å². The van der Waals surface area contributed by atoms with Crippen molar-refractivity contribution in [1.82, 2.24) is 0 Å². The van der Waals surface area contributed by atoms with Crippen LogP contribution in [-0.2, 0) is 33.9 Å².